The van der Waals surface area contributed by atoms with Gasteiger partial charge in [0.25, 0.3) is 0 Å². The molecule has 21 heavy (non-hydrogen) atoms. The van der Waals surface area contributed by atoms with E-state index in [2.05, 4.69) is 64.2 Å². The zero-order chi connectivity index (χ0) is 15.5. The largest absolute Gasteiger partial charge is 0.381 e. The lowest BCUT2D eigenvalue weighted by Gasteiger charge is -2.32. The highest BCUT2D eigenvalue weighted by Crippen LogP contribution is 2.33. The molecule has 1 heterocycles. The minimum Gasteiger partial charge on any atom is -0.381 e. The third-order valence-corrected chi connectivity index (χ3v) is 4.40. The maximum atomic E-state index is 5.72. The van der Waals surface area contributed by atoms with Crippen molar-refractivity contribution >= 4 is 0 Å². The second kappa shape index (κ2) is 6.50. The Morgan fingerprint density at radius 3 is 2.33 bits per heavy atom. The first-order valence-electron chi connectivity index (χ1n) is 8.21. The van der Waals surface area contributed by atoms with E-state index in [9.17, 15) is 0 Å². The molecule has 2 heteroatoms. The molecule has 1 unspecified atom stereocenters. The molecule has 0 bridgehead atoms. The van der Waals surface area contributed by atoms with Crippen LogP contribution in [0.2, 0.25) is 0 Å². The van der Waals surface area contributed by atoms with Gasteiger partial charge in [0.05, 0.1) is 6.61 Å². The average molecular weight is 289 g/mol. The van der Waals surface area contributed by atoms with E-state index < -0.39 is 0 Å². The van der Waals surface area contributed by atoms with Crippen LogP contribution in [0.25, 0.3) is 0 Å². The van der Waals surface area contributed by atoms with Crippen LogP contribution in [0.15, 0.2) is 24.3 Å². The van der Waals surface area contributed by atoms with Crippen LogP contribution in [0.4, 0.5) is 0 Å². The van der Waals surface area contributed by atoms with Gasteiger partial charge in [-0.15, -0.1) is 0 Å². The fourth-order valence-electron chi connectivity index (χ4n) is 2.90. The summed E-state index contributed by atoms with van der Waals surface area (Å²) in [6, 6.07) is 9.15. The van der Waals surface area contributed by atoms with Gasteiger partial charge in [-0.1, -0.05) is 38.1 Å². The molecular formula is C19H31NO. The van der Waals surface area contributed by atoms with Crippen molar-refractivity contribution in [3.05, 3.63) is 35.4 Å². The Bertz CT molecular complexity index is 436. The van der Waals surface area contributed by atoms with Gasteiger partial charge in [0.1, 0.15) is 0 Å². The molecule has 1 saturated heterocycles. The highest BCUT2D eigenvalue weighted by atomic mass is 16.5. The first-order chi connectivity index (χ1) is 9.80. The maximum absolute atomic E-state index is 5.72. The Morgan fingerprint density at radius 2 is 1.86 bits per heavy atom. The molecule has 0 aromatic heterocycles. The van der Waals surface area contributed by atoms with Crippen LogP contribution in [-0.2, 0) is 11.2 Å². The number of ether oxygens (including phenoxy) is 1. The normalized spacial score (nSPS) is 23.0. The van der Waals surface area contributed by atoms with Gasteiger partial charge in [-0.05, 0) is 50.7 Å². The van der Waals surface area contributed by atoms with Crippen LogP contribution in [-0.4, -0.2) is 25.3 Å². The van der Waals surface area contributed by atoms with Gasteiger partial charge in [0.2, 0.25) is 0 Å². The average Bonchev–Trinajstić information content (AvgIpc) is 2.85. The molecular weight excluding hydrogens is 258 g/mol. The lowest BCUT2D eigenvalue weighted by molar-refractivity contribution is 0.144. The molecule has 1 atom stereocenters. The number of nitrogens with one attached hydrogen (secondary N) is 1. The zero-order valence-electron chi connectivity index (χ0n) is 14.3. The van der Waals surface area contributed by atoms with E-state index >= 15 is 0 Å². The number of hydrogen-bond donors (Lipinski definition) is 1. The molecule has 118 valence electrons. The first-order valence-corrected chi connectivity index (χ1v) is 8.21. The Balaban J connectivity index is 2.05. The van der Waals surface area contributed by atoms with Crippen LogP contribution in [0.3, 0.4) is 0 Å². The van der Waals surface area contributed by atoms with Crippen molar-refractivity contribution in [2.45, 2.75) is 58.9 Å². The quantitative estimate of drug-likeness (QED) is 0.879. The van der Waals surface area contributed by atoms with Gasteiger partial charge in [-0.25, -0.2) is 0 Å². The summed E-state index contributed by atoms with van der Waals surface area (Å²) < 4.78 is 5.72. The van der Waals surface area contributed by atoms with E-state index in [1.54, 1.807) is 0 Å². The summed E-state index contributed by atoms with van der Waals surface area (Å²) in [5, 5.41) is 3.67. The first kappa shape index (κ1) is 16.5. The van der Waals surface area contributed by atoms with Gasteiger partial charge in [-0.3, -0.25) is 0 Å². The number of rotatable bonds is 5. The third-order valence-electron chi connectivity index (χ3n) is 4.40. The molecule has 1 aliphatic heterocycles. The molecule has 0 aliphatic carbocycles. The maximum Gasteiger partial charge on any atom is 0.0538 e. The van der Waals surface area contributed by atoms with E-state index in [1.807, 2.05) is 0 Å². The second-order valence-electron chi connectivity index (χ2n) is 7.98. The predicted molar refractivity (Wildman–Crippen MR) is 89.9 cm³/mol. The Labute approximate surface area is 130 Å². The van der Waals surface area contributed by atoms with E-state index in [1.165, 1.54) is 11.1 Å². The van der Waals surface area contributed by atoms with E-state index in [-0.39, 0.29) is 11.0 Å². The topological polar surface area (TPSA) is 21.3 Å². The van der Waals surface area contributed by atoms with Crippen LogP contribution in [0, 0.1) is 5.41 Å². The van der Waals surface area contributed by atoms with Crippen LogP contribution in [0.5, 0.6) is 0 Å². The van der Waals surface area contributed by atoms with E-state index in [0.29, 0.717) is 5.92 Å². The molecule has 2 rings (SSSR count). The molecule has 2 nitrogen and oxygen atoms in total. The Hall–Kier alpha value is -0.860. The van der Waals surface area contributed by atoms with Crippen molar-refractivity contribution in [3.8, 4) is 0 Å². The van der Waals surface area contributed by atoms with E-state index in [0.717, 1.165) is 32.6 Å². The fraction of sp³-hybridized carbons (Fsp3) is 0.684. The molecule has 0 radical (unpaired) electrons. The van der Waals surface area contributed by atoms with Crippen molar-refractivity contribution in [1.82, 2.24) is 5.32 Å². The molecule has 1 aliphatic rings. The standard InChI is InChI=1S/C19H31NO/c1-15(2)17-8-6-16(7-9-17)12-19(10-11-21-14-19)13-20-18(3,4)5/h6-9,15,20H,10-14H2,1-5H3. The molecule has 1 N–H and O–H groups in total. The summed E-state index contributed by atoms with van der Waals surface area (Å²) in [5.74, 6) is 0.602. The predicted octanol–water partition coefficient (Wildman–Crippen LogP) is 4.15. The highest BCUT2D eigenvalue weighted by Gasteiger charge is 2.35. The smallest absolute Gasteiger partial charge is 0.0538 e. The summed E-state index contributed by atoms with van der Waals surface area (Å²) in [7, 11) is 0. The van der Waals surface area contributed by atoms with Crippen LogP contribution >= 0.6 is 0 Å². The monoisotopic (exact) mass is 289 g/mol. The van der Waals surface area contributed by atoms with Crippen LogP contribution < -0.4 is 5.32 Å². The van der Waals surface area contributed by atoms with Gasteiger partial charge in [0, 0.05) is 24.1 Å². The Kier molecular flexibility index (Phi) is 5.11. The summed E-state index contributed by atoms with van der Waals surface area (Å²) in [5.41, 5.74) is 3.27. The Morgan fingerprint density at radius 1 is 1.19 bits per heavy atom. The third kappa shape index (κ3) is 4.82. The number of benzene rings is 1. The second-order valence-corrected chi connectivity index (χ2v) is 7.98. The van der Waals surface area contributed by atoms with Crippen molar-refractivity contribution < 1.29 is 4.74 Å². The van der Waals surface area contributed by atoms with Gasteiger partial charge >= 0.3 is 0 Å². The van der Waals surface area contributed by atoms with E-state index in [4.69, 9.17) is 4.74 Å². The minimum atomic E-state index is 0.164. The molecule has 0 amide bonds. The summed E-state index contributed by atoms with van der Waals surface area (Å²) in [4.78, 5) is 0. The minimum absolute atomic E-state index is 0.164. The molecule has 0 spiro atoms. The molecule has 1 fully saturated rings. The lowest BCUT2D eigenvalue weighted by atomic mass is 9.80. The number of hydrogen-bond acceptors (Lipinski definition) is 2. The molecule has 1 aromatic carbocycles. The van der Waals surface area contributed by atoms with Crippen molar-refractivity contribution in [2.24, 2.45) is 5.41 Å². The summed E-state index contributed by atoms with van der Waals surface area (Å²) >= 11 is 0. The van der Waals surface area contributed by atoms with Crippen molar-refractivity contribution in [2.75, 3.05) is 19.8 Å². The van der Waals surface area contributed by atoms with Gasteiger partial charge in [0.15, 0.2) is 0 Å². The van der Waals surface area contributed by atoms with Gasteiger partial charge < -0.3 is 10.1 Å². The molecule has 1 aromatic rings. The van der Waals surface area contributed by atoms with Crippen LogP contribution in [0.1, 0.15) is 58.1 Å². The van der Waals surface area contributed by atoms with Gasteiger partial charge in [-0.2, -0.15) is 0 Å². The fourth-order valence-corrected chi connectivity index (χ4v) is 2.90. The molecule has 0 saturated carbocycles. The highest BCUT2D eigenvalue weighted by molar-refractivity contribution is 5.25. The summed E-state index contributed by atoms with van der Waals surface area (Å²) in [6.07, 6.45) is 2.26. The lowest BCUT2D eigenvalue weighted by Crippen LogP contribution is -2.45. The SMILES string of the molecule is CC(C)c1ccc(CC2(CNC(C)(C)C)CCOC2)cc1. The zero-order valence-corrected chi connectivity index (χ0v) is 14.3. The van der Waals surface area contributed by atoms with Crippen molar-refractivity contribution in [3.63, 3.8) is 0 Å². The van der Waals surface area contributed by atoms with Crippen molar-refractivity contribution in [1.29, 1.82) is 0 Å². The summed E-state index contributed by atoms with van der Waals surface area (Å²) in [6.45, 7) is 14.0.